The molecule has 0 heterocycles. The van der Waals surface area contributed by atoms with Crippen LogP contribution in [0.2, 0.25) is 0 Å². The fraction of sp³-hybridized carbons (Fsp3) is 0.571. The van der Waals surface area contributed by atoms with E-state index in [1.165, 1.54) is 51.4 Å². The van der Waals surface area contributed by atoms with Gasteiger partial charge in [0, 0.05) is 0 Å². The van der Waals surface area contributed by atoms with E-state index in [1.54, 1.807) is 22.3 Å². The Labute approximate surface area is 108 Å². The third kappa shape index (κ3) is 1.79. The number of hydrogen-bond donors (Lipinski definition) is 0. The summed E-state index contributed by atoms with van der Waals surface area (Å²) >= 11 is 0.831. The molecule has 0 saturated heterocycles. The van der Waals surface area contributed by atoms with E-state index < -0.39 is 0 Å². The fourth-order valence-electron chi connectivity index (χ4n) is 3.26. The van der Waals surface area contributed by atoms with E-state index in [9.17, 15) is 0 Å². The van der Waals surface area contributed by atoms with Gasteiger partial charge in [-0.05, 0) is 0 Å². The molecule has 0 atom stereocenters. The van der Waals surface area contributed by atoms with E-state index in [-0.39, 0.29) is 0 Å². The van der Waals surface area contributed by atoms with Gasteiger partial charge in [0.25, 0.3) is 0 Å². The van der Waals surface area contributed by atoms with Gasteiger partial charge in [-0.2, -0.15) is 0 Å². The standard InChI is InChI=1S/C14H17.Hg/c1-2-6-12-10-14-8-4-3-7-13(14)9-11(12)5-1;/h9H,1-8H2;. The SMILES string of the molecule is [Hg][c]1c2c(cc3c1CCCC3)CCCC2. The number of fused-ring (bicyclic) bond motifs is 2. The van der Waals surface area contributed by atoms with Crippen LogP contribution in [-0.4, -0.2) is 0 Å². The van der Waals surface area contributed by atoms with Crippen LogP contribution >= 0.6 is 0 Å². The van der Waals surface area contributed by atoms with Crippen molar-refractivity contribution in [1.82, 2.24) is 0 Å². The van der Waals surface area contributed by atoms with Crippen molar-refractivity contribution in [3.8, 4) is 0 Å². The average Bonchev–Trinajstić information content (AvgIpc) is 2.30. The molecule has 75 valence electrons. The Morgan fingerprint density at radius 3 is 1.73 bits per heavy atom. The molecule has 0 aliphatic heterocycles. The molecule has 3 rings (SSSR count). The fourth-order valence-corrected chi connectivity index (χ4v) is 6.40. The number of hydrogen-bond acceptors (Lipinski definition) is 0. The summed E-state index contributed by atoms with van der Waals surface area (Å²) in [5.41, 5.74) is 7.05. The molecule has 0 aromatic heterocycles. The predicted octanol–water partition coefficient (Wildman–Crippen LogP) is 2.62. The molecule has 0 bridgehead atoms. The Balaban J connectivity index is 2.16. The van der Waals surface area contributed by atoms with Crippen LogP contribution in [0.3, 0.4) is 0 Å². The number of aryl methyl sites for hydroxylation is 2. The second-order valence-electron chi connectivity index (χ2n) is 5.04. The van der Waals surface area contributed by atoms with E-state index >= 15 is 0 Å². The summed E-state index contributed by atoms with van der Waals surface area (Å²) in [6.45, 7) is 0. The van der Waals surface area contributed by atoms with E-state index in [4.69, 9.17) is 0 Å². The molecule has 0 unspecified atom stereocenters. The van der Waals surface area contributed by atoms with Crippen LogP contribution in [-0.2, 0) is 51.8 Å². The van der Waals surface area contributed by atoms with Crippen molar-refractivity contribution in [2.24, 2.45) is 0 Å². The zero-order chi connectivity index (χ0) is 10.3. The van der Waals surface area contributed by atoms with Gasteiger partial charge in [-0.25, -0.2) is 0 Å². The summed E-state index contributed by atoms with van der Waals surface area (Å²) in [7, 11) is 0. The van der Waals surface area contributed by atoms with E-state index in [1.807, 2.05) is 3.07 Å². The van der Waals surface area contributed by atoms with Gasteiger partial charge in [0.15, 0.2) is 0 Å². The molecule has 2 aliphatic rings. The van der Waals surface area contributed by atoms with Crippen molar-refractivity contribution in [3.05, 3.63) is 28.3 Å². The molecule has 0 nitrogen and oxygen atoms in total. The normalized spacial score (nSPS) is 19.6. The summed E-state index contributed by atoms with van der Waals surface area (Å²) in [6, 6.07) is 2.57. The van der Waals surface area contributed by atoms with Crippen LogP contribution in [0.25, 0.3) is 0 Å². The van der Waals surface area contributed by atoms with Crippen molar-refractivity contribution in [2.75, 3.05) is 0 Å². The van der Waals surface area contributed by atoms with E-state index in [0.717, 1.165) is 26.1 Å². The van der Waals surface area contributed by atoms with Crippen LogP contribution in [0.5, 0.6) is 0 Å². The minimum absolute atomic E-state index is 0.831. The Morgan fingerprint density at radius 2 is 1.20 bits per heavy atom. The molecule has 2 aliphatic carbocycles. The quantitative estimate of drug-likeness (QED) is 0.602. The van der Waals surface area contributed by atoms with Gasteiger partial charge >= 0.3 is 109 Å². The summed E-state index contributed by atoms with van der Waals surface area (Å²) < 4.78 is 1.85. The van der Waals surface area contributed by atoms with Gasteiger partial charge in [0.1, 0.15) is 0 Å². The Hall–Kier alpha value is 0.155. The zero-order valence-electron chi connectivity index (χ0n) is 9.44. The third-order valence-corrected chi connectivity index (χ3v) is 7.42. The Kier molecular flexibility index (Phi) is 2.89. The van der Waals surface area contributed by atoms with Crippen molar-refractivity contribution in [3.63, 3.8) is 0 Å². The second-order valence-corrected chi connectivity index (χ2v) is 7.79. The Bertz CT molecular complexity index is 359. The van der Waals surface area contributed by atoms with Crippen LogP contribution in [0.15, 0.2) is 6.07 Å². The van der Waals surface area contributed by atoms with Gasteiger partial charge in [0.05, 0.1) is 0 Å². The monoisotopic (exact) mass is 387 g/mol. The van der Waals surface area contributed by atoms with E-state index in [2.05, 4.69) is 6.07 Å². The number of rotatable bonds is 0. The predicted molar refractivity (Wildman–Crippen MR) is 59.4 cm³/mol. The maximum absolute atomic E-state index is 2.57. The van der Waals surface area contributed by atoms with E-state index in [0.29, 0.717) is 0 Å². The molecule has 1 heteroatoms. The summed E-state index contributed by atoms with van der Waals surface area (Å²) in [4.78, 5) is 0. The first-order valence-corrected chi connectivity index (χ1v) is 9.09. The topological polar surface area (TPSA) is 0 Å². The summed E-state index contributed by atoms with van der Waals surface area (Å²) in [5, 5.41) is 0. The van der Waals surface area contributed by atoms with Crippen molar-refractivity contribution < 1.29 is 26.1 Å². The van der Waals surface area contributed by atoms with Gasteiger partial charge in [-0.3, -0.25) is 0 Å². The molecular formula is C14H17Hg. The molecule has 1 aromatic carbocycles. The Morgan fingerprint density at radius 1 is 0.733 bits per heavy atom. The van der Waals surface area contributed by atoms with Crippen LogP contribution in [0, 0.1) is 0 Å². The molecule has 0 saturated carbocycles. The summed E-state index contributed by atoms with van der Waals surface area (Å²) in [6.07, 6.45) is 11.3. The average molecular weight is 386 g/mol. The van der Waals surface area contributed by atoms with Crippen molar-refractivity contribution in [2.45, 2.75) is 51.4 Å². The molecular weight excluding hydrogens is 369 g/mol. The van der Waals surface area contributed by atoms with Gasteiger partial charge < -0.3 is 0 Å². The minimum atomic E-state index is 0.831. The van der Waals surface area contributed by atoms with Crippen LogP contribution < -0.4 is 3.07 Å². The first-order valence-electron chi connectivity index (χ1n) is 6.35. The van der Waals surface area contributed by atoms with Crippen molar-refractivity contribution >= 4 is 3.07 Å². The maximum atomic E-state index is 2.57. The molecule has 0 N–H and O–H groups in total. The second kappa shape index (κ2) is 4.20. The van der Waals surface area contributed by atoms with Gasteiger partial charge in [-0.15, -0.1) is 0 Å². The molecule has 15 heavy (non-hydrogen) atoms. The van der Waals surface area contributed by atoms with Gasteiger partial charge in [-0.1, -0.05) is 0 Å². The van der Waals surface area contributed by atoms with Crippen molar-refractivity contribution in [1.29, 1.82) is 0 Å². The molecule has 1 aromatic rings. The first kappa shape index (κ1) is 10.3. The first-order chi connectivity index (χ1) is 7.36. The molecule has 0 spiro atoms. The number of benzene rings is 1. The van der Waals surface area contributed by atoms with Gasteiger partial charge in [0.2, 0.25) is 0 Å². The molecule has 0 radical (unpaired) electrons. The third-order valence-electron chi connectivity index (χ3n) is 4.10. The zero-order valence-corrected chi connectivity index (χ0v) is 14.9. The summed E-state index contributed by atoms with van der Waals surface area (Å²) in [5.74, 6) is 0. The van der Waals surface area contributed by atoms with Crippen LogP contribution in [0.4, 0.5) is 0 Å². The van der Waals surface area contributed by atoms with Crippen LogP contribution in [0.1, 0.15) is 47.9 Å². The molecule has 0 fully saturated rings. The molecule has 0 amide bonds.